The molecule has 0 aliphatic heterocycles. The lowest BCUT2D eigenvalue weighted by atomic mass is 10.1. The lowest BCUT2D eigenvalue weighted by Crippen LogP contribution is -2.68. The van der Waals surface area contributed by atoms with Gasteiger partial charge in [0.25, 0.3) is 8.32 Å². The molecule has 7 heteroatoms. The van der Waals surface area contributed by atoms with E-state index in [1.165, 1.54) is 10.4 Å². The first-order valence-corrected chi connectivity index (χ1v) is 17.2. The monoisotopic (exact) mass is 515 g/mol. The van der Waals surface area contributed by atoms with Crippen molar-refractivity contribution in [2.45, 2.75) is 77.2 Å². The molecule has 0 saturated heterocycles. The van der Waals surface area contributed by atoms with Gasteiger partial charge in [-0.1, -0.05) is 102 Å². The Kier molecular flexibility index (Phi) is 9.20. The van der Waals surface area contributed by atoms with Gasteiger partial charge < -0.3 is 18.9 Å². The summed E-state index contributed by atoms with van der Waals surface area (Å²) in [5, 5.41) is 4.83. The number of benzene rings is 2. The molecular formula is C28H45NO4Si2. The Labute approximate surface area is 214 Å². The minimum Gasteiger partial charge on any atom is -0.438 e. The van der Waals surface area contributed by atoms with Gasteiger partial charge in [0, 0.05) is 7.05 Å². The average molecular weight is 516 g/mol. The number of alkyl carbamates (subject to hydrolysis) is 1. The van der Waals surface area contributed by atoms with E-state index < -0.39 is 28.3 Å². The zero-order valence-electron chi connectivity index (χ0n) is 23.3. The molecule has 2 rings (SSSR count). The quantitative estimate of drug-likeness (QED) is 0.435. The van der Waals surface area contributed by atoms with E-state index >= 15 is 0 Å². The van der Waals surface area contributed by atoms with Crippen LogP contribution < -0.4 is 15.7 Å². The summed E-state index contributed by atoms with van der Waals surface area (Å²) in [5.74, 6) is 0. The van der Waals surface area contributed by atoms with Crippen LogP contribution in [0, 0.1) is 0 Å². The maximum atomic E-state index is 12.4. The van der Waals surface area contributed by atoms with Crippen molar-refractivity contribution < 1.29 is 18.4 Å². The van der Waals surface area contributed by atoms with Crippen LogP contribution in [0.5, 0.6) is 0 Å². The first-order chi connectivity index (χ1) is 16.1. The van der Waals surface area contributed by atoms with E-state index in [2.05, 4.69) is 108 Å². The zero-order chi connectivity index (χ0) is 26.5. The Hall–Kier alpha value is -1.94. The first-order valence-electron chi connectivity index (χ1n) is 12.4. The van der Waals surface area contributed by atoms with Crippen LogP contribution in [0.25, 0.3) is 0 Å². The molecule has 0 bridgehead atoms. The van der Waals surface area contributed by atoms with Crippen LogP contribution >= 0.6 is 0 Å². The molecule has 0 radical (unpaired) electrons. The molecule has 0 fully saturated rings. The molecule has 0 aliphatic carbocycles. The normalized spacial score (nSPS) is 14.8. The third-order valence-corrected chi connectivity index (χ3v) is 16.6. The van der Waals surface area contributed by atoms with E-state index in [9.17, 15) is 4.79 Å². The van der Waals surface area contributed by atoms with E-state index in [1.807, 2.05) is 19.1 Å². The number of hydrogen-bond donors (Lipinski definition) is 1. The fraction of sp³-hybridized carbons (Fsp3) is 0.536. The molecule has 1 atom stereocenters. The van der Waals surface area contributed by atoms with Crippen LogP contribution in [-0.2, 0) is 13.6 Å². The number of carbonyl (C=O) groups is 1. The molecule has 1 N–H and O–H groups in total. The van der Waals surface area contributed by atoms with Crippen LogP contribution in [0.3, 0.4) is 0 Å². The highest BCUT2D eigenvalue weighted by molar-refractivity contribution is 6.99. The summed E-state index contributed by atoms with van der Waals surface area (Å²) < 4.78 is 19.6. The van der Waals surface area contributed by atoms with Crippen molar-refractivity contribution in [3.8, 4) is 0 Å². The average Bonchev–Trinajstić information content (AvgIpc) is 2.78. The lowest BCUT2D eigenvalue weighted by molar-refractivity contribution is -0.0430. The van der Waals surface area contributed by atoms with Gasteiger partial charge in [0.15, 0.2) is 13.9 Å². The van der Waals surface area contributed by atoms with E-state index in [1.54, 1.807) is 7.05 Å². The highest BCUT2D eigenvalue weighted by atomic mass is 28.4. The number of amides is 1. The summed E-state index contributed by atoms with van der Waals surface area (Å²) in [7, 11) is -3.29. The number of hydrogen-bond acceptors (Lipinski definition) is 4. The van der Waals surface area contributed by atoms with E-state index in [0.717, 1.165) is 0 Å². The van der Waals surface area contributed by atoms with Crippen molar-refractivity contribution in [2.24, 2.45) is 0 Å². The second kappa shape index (κ2) is 11.0. The maximum absolute atomic E-state index is 12.4. The van der Waals surface area contributed by atoms with Crippen molar-refractivity contribution in [1.82, 2.24) is 5.32 Å². The predicted molar refractivity (Wildman–Crippen MR) is 151 cm³/mol. The molecule has 194 valence electrons. The summed E-state index contributed by atoms with van der Waals surface area (Å²) in [6, 6.07) is 21.0. The molecule has 0 aliphatic rings. The number of nitrogens with one attached hydrogen (secondary N) is 1. The second-order valence-corrected chi connectivity index (χ2v) is 21.2. The molecule has 5 nitrogen and oxygen atoms in total. The van der Waals surface area contributed by atoms with Crippen molar-refractivity contribution in [3.05, 3.63) is 60.7 Å². The minimum atomic E-state index is -2.79. The van der Waals surface area contributed by atoms with E-state index in [0.29, 0.717) is 0 Å². The Morgan fingerprint density at radius 1 is 0.743 bits per heavy atom. The van der Waals surface area contributed by atoms with Gasteiger partial charge in [-0.25, -0.2) is 4.79 Å². The SMILES string of the molecule is CNC(=O)OC(C)(CO[Si](C)(C)C(C)(C)C)CO[Si](c1ccccc1)(c1ccccc1)C(C)(C)C. The van der Waals surface area contributed by atoms with Gasteiger partial charge in [0.1, 0.15) is 0 Å². The number of ether oxygens (including phenoxy) is 1. The van der Waals surface area contributed by atoms with E-state index in [-0.39, 0.29) is 23.3 Å². The first kappa shape index (κ1) is 29.3. The fourth-order valence-electron chi connectivity index (χ4n) is 3.95. The third kappa shape index (κ3) is 6.85. The summed E-state index contributed by atoms with van der Waals surface area (Å²) in [6.45, 7) is 20.1. The van der Waals surface area contributed by atoms with Gasteiger partial charge in [-0.2, -0.15) is 0 Å². The number of rotatable bonds is 9. The zero-order valence-corrected chi connectivity index (χ0v) is 25.3. The van der Waals surface area contributed by atoms with Gasteiger partial charge in [-0.15, -0.1) is 0 Å². The van der Waals surface area contributed by atoms with Crippen molar-refractivity contribution in [3.63, 3.8) is 0 Å². The maximum Gasteiger partial charge on any atom is 0.407 e. The Bertz CT molecular complexity index is 913. The molecule has 2 aromatic carbocycles. The van der Waals surface area contributed by atoms with Gasteiger partial charge >= 0.3 is 6.09 Å². The molecule has 0 aromatic heterocycles. The molecule has 35 heavy (non-hydrogen) atoms. The molecule has 1 unspecified atom stereocenters. The molecule has 0 spiro atoms. The van der Waals surface area contributed by atoms with Crippen LogP contribution in [0.15, 0.2) is 60.7 Å². The highest BCUT2D eigenvalue weighted by Gasteiger charge is 2.52. The standard InChI is InChI=1S/C28H45NO4Si2/c1-26(2,3)34(9,10)31-21-28(7,33-25(30)29-8)22-32-35(27(4,5)6,23-17-13-11-14-18-23)24-19-15-12-16-20-24/h11-20H,21-22H2,1-10H3,(H,29,30). The Balaban J connectivity index is 2.53. The minimum absolute atomic E-state index is 0.0414. The largest absolute Gasteiger partial charge is 0.438 e. The van der Waals surface area contributed by atoms with E-state index in [4.69, 9.17) is 13.6 Å². The molecule has 2 aromatic rings. The molecule has 0 heterocycles. The van der Waals surface area contributed by atoms with Crippen molar-refractivity contribution in [1.29, 1.82) is 0 Å². The Morgan fingerprint density at radius 3 is 1.54 bits per heavy atom. The fourth-order valence-corrected chi connectivity index (χ4v) is 9.72. The van der Waals surface area contributed by atoms with Gasteiger partial charge in [0.2, 0.25) is 0 Å². The highest BCUT2D eigenvalue weighted by Crippen LogP contribution is 2.39. The molecular weight excluding hydrogens is 470 g/mol. The van der Waals surface area contributed by atoms with Gasteiger partial charge in [0.05, 0.1) is 13.2 Å². The third-order valence-electron chi connectivity index (χ3n) is 7.10. The lowest BCUT2D eigenvalue weighted by Gasteiger charge is -2.45. The van der Waals surface area contributed by atoms with Crippen LogP contribution in [0.4, 0.5) is 4.79 Å². The summed E-state index contributed by atoms with van der Waals surface area (Å²) in [5.41, 5.74) is -0.956. The van der Waals surface area contributed by atoms with Crippen LogP contribution in [-0.4, -0.2) is 48.6 Å². The molecule has 0 saturated carbocycles. The summed E-state index contributed by atoms with van der Waals surface area (Å²) in [4.78, 5) is 12.4. The summed E-state index contributed by atoms with van der Waals surface area (Å²) >= 11 is 0. The van der Waals surface area contributed by atoms with Gasteiger partial charge in [-0.3, -0.25) is 0 Å². The topological polar surface area (TPSA) is 56.8 Å². The smallest absolute Gasteiger partial charge is 0.407 e. The van der Waals surface area contributed by atoms with Gasteiger partial charge in [-0.05, 0) is 40.5 Å². The van der Waals surface area contributed by atoms with Crippen LogP contribution in [0.2, 0.25) is 23.2 Å². The van der Waals surface area contributed by atoms with Crippen molar-refractivity contribution in [2.75, 3.05) is 20.3 Å². The molecule has 1 amide bonds. The number of carbonyl (C=O) groups excluding carboxylic acids is 1. The van der Waals surface area contributed by atoms with Crippen molar-refractivity contribution >= 4 is 33.1 Å². The Morgan fingerprint density at radius 2 is 1.17 bits per heavy atom. The summed E-state index contributed by atoms with van der Waals surface area (Å²) in [6.07, 6.45) is -0.489. The second-order valence-electron chi connectivity index (χ2n) is 12.1. The predicted octanol–water partition coefficient (Wildman–Crippen LogP) is 5.70. The van der Waals surface area contributed by atoms with Crippen LogP contribution in [0.1, 0.15) is 48.5 Å².